The van der Waals surface area contributed by atoms with Crippen LogP contribution in [0.25, 0.3) is 0 Å². The third kappa shape index (κ3) is 5.41. The predicted molar refractivity (Wildman–Crippen MR) is 110 cm³/mol. The number of aromatic nitrogens is 2. The molecule has 1 N–H and O–H groups in total. The van der Waals surface area contributed by atoms with E-state index in [0.717, 1.165) is 6.20 Å². The molecule has 0 aliphatic carbocycles. The van der Waals surface area contributed by atoms with Crippen LogP contribution in [0.2, 0.25) is 19.8 Å². The summed E-state index contributed by atoms with van der Waals surface area (Å²) in [6, 6.07) is 3.02. The van der Waals surface area contributed by atoms with Gasteiger partial charge in [0.15, 0.2) is 0 Å². The van der Waals surface area contributed by atoms with Crippen molar-refractivity contribution in [2.75, 3.05) is 11.9 Å². The summed E-state index contributed by atoms with van der Waals surface area (Å²) in [6.07, 6.45) is -8.61. The van der Waals surface area contributed by atoms with Gasteiger partial charge in [0.1, 0.15) is 0 Å². The number of rotatable bonds is 3. The van der Waals surface area contributed by atoms with E-state index in [9.17, 15) is 31.1 Å². The number of halogens is 7. The zero-order chi connectivity index (χ0) is 24.1. The van der Waals surface area contributed by atoms with E-state index in [4.69, 9.17) is 11.6 Å². The molecule has 13 heteroatoms. The van der Waals surface area contributed by atoms with Gasteiger partial charge in [0.2, 0.25) is 0 Å². The van der Waals surface area contributed by atoms with Gasteiger partial charge in [-0.1, -0.05) is 0 Å². The molecule has 1 aliphatic rings. The summed E-state index contributed by atoms with van der Waals surface area (Å²) < 4.78 is 78.2. The Morgan fingerprint density at radius 1 is 1.12 bits per heavy atom. The molecule has 0 spiro atoms. The number of carbonyl (C=O) groups excluding carboxylic acids is 1. The summed E-state index contributed by atoms with van der Waals surface area (Å²) in [5.41, 5.74) is 0.600. The van der Waals surface area contributed by atoms with Crippen molar-refractivity contribution in [3.05, 3.63) is 40.0 Å². The Kier molecular flexibility index (Phi) is 6.64. The van der Waals surface area contributed by atoms with E-state index in [1.54, 1.807) is 20.9 Å². The van der Waals surface area contributed by atoms with Crippen LogP contribution in [0.5, 0.6) is 0 Å². The van der Waals surface area contributed by atoms with E-state index in [0.29, 0.717) is 21.7 Å². The fourth-order valence-electron chi connectivity index (χ4n) is 3.37. The van der Waals surface area contributed by atoms with Crippen LogP contribution in [-0.2, 0) is 23.9 Å². The number of fused-ring (bicyclic) bond motifs is 1. The van der Waals surface area contributed by atoms with E-state index in [1.807, 2.05) is 0 Å². The molecule has 0 bridgehead atoms. The van der Waals surface area contributed by atoms with E-state index in [1.165, 1.54) is 6.07 Å². The molecule has 1 amide bonds. The van der Waals surface area contributed by atoms with Crippen molar-refractivity contribution in [2.24, 2.45) is 0 Å². The number of amides is 1. The Morgan fingerprint density at radius 2 is 1.78 bits per heavy atom. The van der Waals surface area contributed by atoms with Gasteiger partial charge in [0.25, 0.3) is 0 Å². The monoisotopic (exact) mass is 588 g/mol. The third-order valence-electron chi connectivity index (χ3n) is 4.88. The van der Waals surface area contributed by atoms with Crippen LogP contribution in [0, 0.1) is 0 Å². The van der Waals surface area contributed by atoms with Crippen molar-refractivity contribution in [2.45, 2.75) is 40.1 Å². The molecule has 0 radical (unpaired) electrons. The number of hydrogen-bond donors (Lipinski definition) is 1. The molecule has 5 nitrogen and oxygen atoms in total. The minimum absolute atomic E-state index is 0.0136. The second-order valence-electron chi connectivity index (χ2n) is 8.40. The Balaban J connectivity index is 1.90. The summed E-state index contributed by atoms with van der Waals surface area (Å²) in [4.78, 5) is 25.5. The molecule has 2 heterocycles. The quantitative estimate of drug-likeness (QED) is 0.411. The van der Waals surface area contributed by atoms with Gasteiger partial charge in [0.05, 0.1) is 0 Å². The number of alkyl halides is 6. The second-order valence-corrected chi connectivity index (χ2v) is 23.0. The summed E-state index contributed by atoms with van der Waals surface area (Å²) in [5.74, 6) is -1.97. The van der Waals surface area contributed by atoms with E-state index < -0.39 is 42.2 Å². The molecule has 0 unspecified atom stereocenters. The molecule has 0 atom stereocenters. The number of hydrogen-bond acceptors (Lipinski definition) is 4. The SMILES string of the molecule is [CH3][Sn]([CH3])([CH3])[c]1nc(Nc2cc3c(cc2Cl)CN(C(=O)C(F)(F)F)CC3)ncc1C(F)(F)F. The Bertz CT molecular complexity index is 1050. The van der Waals surface area contributed by atoms with Crippen LogP contribution in [0.15, 0.2) is 18.3 Å². The van der Waals surface area contributed by atoms with Gasteiger partial charge in [-0.2, -0.15) is 13.2 Å². The van der Waals surface area contributed by atoms with E-state index in [2.05, 4.69) is 15.3 Å². The van der Waals surface area contributed by atoms with Crippen molar-refractivity contribution < 1.29 is 31.1 Å². The maximum atomic E-state index is 13.4. The zero-order valence-corrected chi connectivity index (χ0v) is 20.9. The number of anilines is 2. The van der Waals surface area contributed by atoms with Crippen molar-refractivity contribution in [1.82, 2.24) is 14.9 Å². The molecule has 0 fully saturated rings. The maximum absolute atomic E-state index is 13.4. The first-order valence-corrected chi connectivity index (χ1v) is 19.8. The average Bonchev–Trinajstić information content (AvgIpc) is 2.65. The standard InChI is InChI=1S/C16H10ClF6N4O.3CH3.Sn/c17-11-3-9-7-27(13(28)16(21,22)23)2-1-8(9)4-12(11)26-14-24-5-10(6-25-14)15(18,19)20;;;;/h3-5H,1-2,7H2,(H,24,25,26);3*1H3;. The van der Waals surface area contributed by atoms with Gasteiger partial charge >= 0.3 is 176 Å². The van der Waals surface area contributed by atoms with Crippen LogP contribution in [0.3, 0.4) is 0 Å². The summed E-state index contributed by atoms with van der Waals surface area (Å²) in [7, 11) is 0. The van der Waals surface area contributed by atoms with Gasteiger partial charge in [0, 0.05) is 0 Å². The van der Waals surface area contributed by atoms with Gasteiger partial charge in [-0.3, -0.25) is 0 Å². The van der Waals surface area contributed by atoms with Crippen molar-refractivity contribution in [3.8, 4) is 0 Å². The number of nitrogens with one attached hydrogen (secondary N) is 1. The molecular weight excluding hydrogens is 568 g/mol. The van der Waals surface area contributed by atoms with E-state index in [-0.39, 0.29) is 34.2 Å². The van der Waals surface area contributed by atoms with Crippen molar-refractivity contribution in [1.29, 1.82) is 0 Å². The van der Waals surface area contributed by atoms with Gasteiger partial charge in [-0.15, -0.1) is 0 Å². The molecule has 2 aromatic rings. The van der Waals surface area contributed by atoms with Crippen LogP contribution in [-0.4, -0.2) is 51.9 Å². The van der Waals surface area contributed by atoms with Gasteiger partial charge in [-0.25, -0.2) is 0 Å². The van der Waals surface area contributed by atoms with Crippen LogP contribution in [0.4, 0.5) is 38.0 Å². The van der Waals surface area contributed by atoms with Gasteiger partial charge in [-0.05, 0) is 0 Å². The molecule has 174 valence electrons. The normalized spacial score (nSPS) is 14.9. The molecule has 1 aliphatic heterocycles. The first kappa shape index (κ1) is 24.9. The van der Waals surface area contributed by atoms with Gasteiger partial charge < -0.3 is 0 Å². The molecule has 1 aromatic carbocycles. The predicted octanol–water partition coefficient (Wildman–Crippen LogP) is 4.88. The van der Waals surface area contributed by atoms with E-state index >= 15 is 0 Å². The first-order valence-electron chi connectivity index (χ1n) is 9.46. The molecular formula is C19H19ClF6N4OSn. The first-order chi connectivity index (χ1) is 14.6. The Labute approximate surface area is 189 Å². The van der Waals surface area contributed by atoms with Crippen molar-refractivity contribution >= 4 is 51.2 Å². The molecule has 3 rings (SSSR count). The second kappa shape index (κ2) is 8.54. The van der Waals surface area contributed by atoms with Crippen LogP contribution in [0.1, 0.15) is 16.7 Å². The number of carbonyl (C=O) groups is 1. The number of benzene rings is 1. The van der Waals surface area contributed by atoms with Crippen molar-refractivity contribution in [3.63, 3.8) is 0 Å². The fraction of sp³-hybridized carbons (Fsp3) is 0.421. The third-order valence-corrected chi connectivity index (χ3v) is 10.3. The molecule has 0 saturated heterocycles. The Hall–Kier alpha value is -1.76. The minimum atomic E-state index is -4.96. The number of nitrogens with zero attached hydrogens (tertiary/aromatic N) is 3. The molecule has 1 aromatic heterocycles. The molecule has 32 heavy (non-hydrogen) atoms. The van der Waals surface area contributed by atoms with Crippen LogP contribution < -0.4 is 9.03 Å². The summed E-state index contributed by atoms with van der Waals surface area (Å²) in [5, 5.41) is 2.94. The Morgan fingerprint density at radius 3 is 2.34 bits per heavy atom. The topological polar surface area (TPSA) is 58.1 Å². The van der Waals surface area contributed by atoms with Crippen LogP contribution >= 0.6 is 11.6 Å². The summed E-state index contributed by atoms with van der Waals surface area (Å²) in [6.45, 7) is -0.362. The molecule has 0 saturated carbocycles. The summed E-state index contributed by atoms with van der Waals surface area (Å²) >= 11 is 2.97. The zero-order valence-electron chi connectivity index (χ0n) is 17.2. The average molecular weight is 588 g/mol. The fourth-order valence-corrected chi connectivity index (χ4v) is 7.76.